The highest BCUT2D eigenvalue weighted by Gasteiger charge is 2.41. The van der Waals surface area contributed by atoms with Gasteiger partial charge in [-0.25, -0.2) is 14.4 Å². The van der Waals surface area contributed by atoms with Crippen LogP contribution in [-0.2, 0) is 4.79 Å². The standard InChI is InChI=1S/C25H24FN5O2/c1-16-14-30(15-27-16)22-9-4-17(13-23(22)33-3)12-20-24(32)31-21(10-11-29(2)25(31)28-20)18-5-7-19(26)8-6-18/h4-9,12-15,21H,10-11H2,1-3H3/b20-12-/t21-/m1/s1. The minimum atomic E-state index is -0.294. The maximum atomic E-state index is 13.4. The molecule has 3 heterocycles. The number of carbonyl (C=O) groups is 1. The summed E-state index contributed by atoms with van der Waals surface area (Å²) in [5.41, 5.74) is 3.83. The first-order valence-corrected chi connectivity index (χ1v) is 10.7. The molecule has 1 saturated heterocycles. The summed E-state index contributed by atoms with van der Waals surface area (Å²) in [5, 5.41) is 0. The van der Waals surface area contributed by atoms with Crippen LogP contribution in [0, 0.1) is 12.7 Å². The molecular weight excluding hydrogens is 421 g/mol. The fourth-order valence-electron chi connectivity index (χ4n) is 4.32. The minimum absolute atomic E-state index is 0.167. The fraction of sp³-hybridized carbons (Fsp3) is 0.240. The Balaban J connectivity index is 1.48. The van der Waals surface area contributed by atoms with E-state index in [1.165, 1.54) is 12.1 Å². The Morgan fingerprint density at radius 3 is 2.67 bits per heavy atom. The second-order valence-electron chi connectivity index (χ2n) is 8.25. The number of amides is 1. The van der Waals surface area contributed by atoms with E-state index in [1.54, 1.807) is 36.5 Å². The molecule has 0 saturated carbocycles. The van der Waals surface area contributed by atoms with Gasteiger partial charge in [-0.3, -0.25) is 9.69 Å². The number of halogens is 1. The first kappa shape index (κ1) is 20.9. The maximum Gasteiger partial charge on any atom is 0.279 e. The number of hydrogen-bond donors (Lipinski definition) is 0. The van der Waals surface area contributed by atoms with Crippen LogP contribution in [0.15, 0.2) is 65.7 Å². The van der Waals surface area contributed by atoms with Crippen LogP contribution in [0.25, 0.3) is 11.8 Å². The lowest BCUT2D eigenvalue weighted by Crippen LogP contribution is -2.49. The molecule has 0 bridgehead atoms. The predicted molar refractivity (Wildman–Crippen MR) is 123 cm³/mol. The first-order valence-electron chi connectivity index (χ1n) is 10.7. The molecule has 33 heavy (non-hydrogen) atoms. The van der Waals surface area contributed by atoms with E-state index in [2.05, 4.69) is 9.98 Å². The zero-order chi connectivity index (χ0) is 23.1. The third-order valence-corrected chi connectivity index (χ3v) is 6.02. The van der Waals surface area contributed by atoms with Crippen molar-refractivity contribution in [3.63, 3.8) is 0 Å². The molecule has 0 spiro atoms. The molecule has 0 radical (unpaired) electrons. The van der Waals surface area contributed by atoms with Gasteiger partial charge in [0.15, 0.2) is 0 Å². The molecule has 2 aliphatic rings. The molecule has 7 nitrogen and oxygen atoms in total. The van der Waals surface area contributed by atoms with Crippen molar-refractivity contribution >= 4 is 17.9 Å². The highest BCUT2D eigenvalue weighted by molar-refractivity contribution is 6.14. The summed E-state index contributed by atoms with van der Waals surface area (Å²) in [5.74, 6) is 0.819. The van der Waals surface area contributed by atoms with E-state index < -0.39 is 0 Å². The van der Waals surface area contributed by atoms with Crippen molar-refractivity contribution in [2.75, 3.05) is 20.7 Å². The van der Waals surface area contributed by atoms with Crippen molar-refractivity contribution in [3.05, 3.63) is 83.3 Å². The first-order chi connectivity index (χ1) is 15.9. The largest absolute Gasteiger partial charge is 0.495 e. The molecule has 1 amide bonds. The third kappa shape index (κ3) is 3.77. The van der Waals surface area contributed by atoms with Crippen molar-refractivity contribution < 1.29 is 13.9 Å². The van der Waals surface area contributed by atoms with Crippen LogP contribution >= 0.6 is 0 Å². The second-order valence-corrected chi connectivity index (χ2v) is 8.25. The summed E-state index contributed by atoms with van der Waals surface area (Å²) in [4.78, 5) is 26.0. The molecular formula is C25H24FN5O2. The highest BCUT2D eigenvalue weighted by atomic mass is 19.1. The van der Waals surface area contributed by atoms with Gasteiger partial charge in [0, 0.05) is 19.8 Å². The number of aliphatic imine (C=N–C) groups is 1. The topological polar surface area (TPSA) is 63.0 Å². The number of methoxy groups -OCH3 is 1. The summed E-state index contributed by atoms with van der Waals surface area (Å²) in [7, 11) is 3.54. The van der Waals surface area contributed by atoms with Crippen molar-refractivity contribution in [2.45, 2.75) is 19.4 Å². The number of carbonyl (C=O) groups excluding carboxylic acids is 1. The van der Waals surface area contributed by atoms with Gasteiger partial charge in [-0.15, -0.1) is 0 Å². The Hall–Kier alpha value is -3.94. The van der Waals surface area contributed by atoms with Crippen LogP contribution in [0.3, 0.4) is 0 Å². The summed E-state index contributed by atoms with van der Waals surface area (Å²) in [6.07, 6.45) is 6.18. The molecule has 8 heteroatoms. The van der Waals surface area contributed by atoms with Crippen molar-refractivity contribution in [2.24, 2.45) is 4.99 Å². The van der Waals surface area contributed by atoms with Gasteiger partial charge in [0.2, 0.25) is 5.96 Å². The van der Waals surface area contributed by atoms with Gasteiger partial charge in [0.05, 0.1) is 30.9 Å². The van der Waals surface area contributed by atoms with Crippen LogP contribution in [0.4, 0.5) is 4.39 Å². The number of guanidine groups is 1. The number of aryl methyl sites for hydroxylation is 1. The molecule has 1 aromatic heterocycles. The van der Waals surface area contributed by atoms with E-state index in [9.17, 15) is 9.18 Å². The summed E-state index contributed by atoms with van der Waals surface area (Å²) >= 11 is 0. The van der Waals surface area contributed by atoms with Gasteiger partial charge in [-0.05, 0) is 54.8 Å². The number of fused-ring (bicyclic) bond motifs is 1. The monoisotopic (exact) mass is 445 g/mol. The quantitative estimate of drug-likeness (QED) is 0.571. The maximum absolute atomic E-state index is 13.4. The Morgan fingerprint density at radius 2 is 1.97 bits per heavy atom. The molecule has 5 rings (SSSR count). The lowest BCUT2D eigenvalue weighted by Gasteiger charge is -2.38. The molecule has 3 aromatic rings. The summed E-state index contributed by atoms with van der Waals surface area (Å²) in [6.45, 7) is 2.68. The Labute approximate surface area is 191 Å². The van der Waals surface area contributed by atoms with Crippen LogP contribution < -0.4 is 4.74 Å². The summed E-state index contributed by atoms with van der Waals surface area (Å²) < 4.78 is 20.9. The summed E-state index contributed by atoms with van der Waals surface area (Å²) in [6, 6.07) is 11.9. The van der Waals surface area contributed by atoms with Gasteiger partial charge < -0.3 is 14.2 Å². The van der Waals surface area contributed by atoms with Gasteiger partial charge in [0.25, 0.3) is 5.91 Å². The van der Waals surface area contributed by atoms with Crippen molar-refractivity contribution in [1.29, 1.82) is 0 Å². The SMILES string of the molecule is COc1cc(/C=C2\N=C3N(C)CC[C@H](c4ccc(F)cc4)N3C2=O)ccc1-n1cnc(C)c1. The van der Waals surface area contributed by atoms with Crippen LogP contribution in [0.2, 0.25) is 0 Å². The zero-order valence-electron chi connectivity index (χ0n) is 18.7. The van der Waals surface area contributed by atoms with E-state index in [-0.39, 0.29) is 17.8 Å². The average molecular weight is 445 g/mol. The molecule has 2 aromatic carbocycles. The number of nitrogens with zero attached hydrogens (tertiary/aromatic N) is 5. The van der Waals surface area contributed by atoms with E-state index in [4.69, 9.17) is 4.74 Å². The Bertz CT molecular complexity index is 1280. The van der Waals surface area contributed by atoms with Crippen LogP contribution in [0.1, 0.15) is 29.3 Å². The van der Waals surface area contributed by atoms with Gasteiger partial charge in [-0.2, -0.15) is 0 Å². The van der Waals surface area contributed by atoms with E-state index in [0.29, 0.717) is 17.4 Å². The lowest BCUT2D eigenvalue weighted by atomic mass is 10.00. The molecule has 168 valence electrons. The van der Waals surface area contributed by atoms with E-state index in [1.807, 2.05) is 47.8 Å². The number of imidazole rings is 1. The fourth-order valence-corrected chi connectivity index (χ4v) is 4.32. The molecule has 0 N–H and O–H groups in total. The molecule has 1 atom stereocenters. The second kappa shape index (κ2) is 8.20. The average Bonchev–Trinajstić information content (AvgIpc) is 3.39. The minimum Gasteiger partial charge on any atom is -0.495 e. The van der Waals surface area contributed by atoms with E-state index in [0.717, 1.165) is 35.5 Å². The van der Waals surface area contributed by atoms with Crippen molar-refractivity contribution in [3.8, 4) is 11.4 Å². The highest BCUT2D eigenvalue weighted by Crippen LogP contribution is 2.35. The molecule has 2 aliphatic heterocycles. The van der Waals surface area contributed by atoms with Gasteiger partial charge in [-0.1, -0.05) is 18.2 Å². The third-order valence-electron chi connectivity index (χ3n) is 6.02. The van der Waals surface area contributed by atoms with Crippen LogP contribution in [0.5, 0.6) is 5.75 Å². The van der Waals surface area contributed by atoms with Crippen LogP contribution in [-0.4, -0.2) is 51.9 Å². The molecule has 0 aliphatic carbocycles. The number of ether oxygens (including phenoxy) is 1. The zero-order valence-corrected chi connectivity index (χ0v) is 18.7. The van der Waals surface area contributed by atoms with Gasteiger partial charge in [0.1, 0.15) is 17.3 Å². The Kier molecular flexibility index (Phi) is 5.20. The number of aromatic nitrogens is 2. The normalized spacial score (nSPS) is 19.2. The predicted octanol–water partition coefficient (Wildman–Crippen LogP) is 3.94. The lowest BCUT2D eigenvalue weighted by molar-refractivity contribution is -0.125. The van der Waals surface area contributed by atoms with E-state index >= 15 is 0 Å². The Morgan fingerprint density at radius 1 is 1.18 bits per heavy atom. The van der Waals surface area contributed by atoms with Gasteiger partial charge >= 0.3 is 0 Å². The number of rotatable bonds is 4. The molecule has 1 fully saturated rings. The smallest absolute Gasteiger partial charge is 0.279 e. The number of benzene rings is 2. The molecule has 0 unspecified atom stereocenters. The van der Waals surface area contributed by atoms with Crippen molar-refractivity contribution in [1.82, 2.24) is 19.4 Å². The number of hydrogen-bond acceptors (Lipinski definition) is 5.